The Morgan fingerprint density at radius 3 is 2.88 bits per heavy atom. The zero-order chi connectivity index (χ0) is 22.6. The molecule has 166 valence electrons. The second-order valence-corrected chi connectivity index (χ2v) is 11.4. The first-order valence-corrected chi connectivity index (χ1v) is 12.4. The summed E-state index contributed by atoms with van der Waals surface area (Å²) in [5.74, 6) is 0.950. The predicted octanol–water partition coefficient (Wildman–Crippen LogP) is 5.45. The normalized spacial score (nSPS) is 16.3. The Morgan fingerprint density at radius 2 is 2.09 bits per heavy atom. The van der Waals surface area contributed by atoms with Crippen molar-refractivity contribution < 1.29 is 4.79 Å². The molecule has 0 radical (unpaired) electrons. The van der Waals surface area contributed by atoms with Crippen LogP contribution in [0.25, 0.3) is 20.4 Å². The van der Waals surface area contributed by atoms with Crippen molar-refractivity contribution in [3.8, 4) is 0 Å². The molecule has 1 amide bonds. The Bertz CT molecular complexity index is 1340. The molecule has 1 N–H and O–H groups in total. The van der Waals surface area contributed by atoms with E-state index in [1.807, 2.05) is 24.1 Å². The molecule has 7 nitrogen and oxygen atoms in total. The van der Waals surface area contributed by atoms with Crippen LogP contribution in [0.4, 0.5) is 11.5 Å². The SMILES string of the molecule is CN(C(=O)C1CCc2c(sc3ncnc(Nc4cc5snnc5cc4Cl)c23)C1)C(C)(C)C. The molecule has 1 aliphatic carbocycles. The smallest absolute Gasteiger partial charge is 0.226 e. The van der Waals surface area contributed by atoms with E-state index in [1.54, 1.807) is 17.7 Å². The largest absolute Gasteiger partial charge is 0.341 e. The molecule has 4 aromatic rings. The van der Waals surface area contributed by atoms with Gasteiger partial charge in [0.2, 0.25) is 5.91 Å². The number of benzene rings is 1. The van der Waals surface area contributed by atoms with Gasteiger partial charge in [-0.05, 0) is 69.3 Å². The fraction of sp³-hybridized carbons (Fsp3) is 0.409. The Balaban J connectivity index is 1.48. The van der Waals surface area contributed by atoms with E-state index >= 15 is 0 Å². The molecule has 3 aromatic heterocycles. The Morgan fingerprint density at radius 1 is 1.28 bits per heavy atom. The quantitative estimate of drug-likeness (QED) is 0.414. The van der Waals surface area contributed by atoms with Gasteiger partial charge in [0.05, 0.1) is 20.8 Å². The molecule has 0 fully saturated rings. The maximum atomic E-state index is 13.1. The number of fused-ring (bicyclic) bond motifs is 4. The minimum atomic E-state index is -0.186. The van der Waals surface area contributed by atoms with E-state index in [0.717, 1.165) is 51.2 Å². The van der Waals surface area contributed by atoms with E-state index < -0.39 is 0 Å². The van der Waals surface area contributed by atoms with Crippen molar-refractivity contribution in [3.63, 3.8) is 0 Å². The number of halogens is 1. The van der Waals surface area contributed by atoms with E-state index in [-0.39, 0.29) is 17.4 Å². The third-order valence-electron chi connectivity index (χ3n) is 6.12. The van der Waals surface area contributed by atoms with E-state index in [0.29, 0.717) is 5.02 Å². The predicted molar refractivity (Wildman–Crippen MR) is 131 cm³/mol. The number of nitrogens with one attached hydrogen (secondary N) is 1. The number of hydrogen-bond donors (Lipinski definition) is 1. The van der Waals surface area contributed by atoms with Crippen LogP contribution in [0.15, 0.2) is 18.5 Å². The van der Waals surface area contributed by atoms with Crippen molar-refractivity contribution in [2.75, 3.05) is 12.4 Å². The third kappa shape index (κ3) is 3.72. The molecule has 32 heavy (non-hydrogen) atoms. The molecule has 0 saturated heterocycles. The summed E-state index contributed by atoms with van der Waals surface area (Å²) < 4.78 is 4.95. The fourth-order valence-corrected chi connectivity index (χ4v) is 6.10. The minimum Gasteiger partial charge on any atom is -0.341 e. The highest BCUT2D eigenvalue weighted by Gasteiger charge is 2.33. The maximum Gasteiger partial charge on any atom is 0.226 e. The van der Waals surface area contributed by atoms with Gasteiger partial charge in [0.15, 0.2) is 0 Å². The molecule has 1 atom stereocenters. The van der Waals surface area contributed by atoms with Crippen molar-refractivity contribution in [3.05, 3.63) is 33.9 Å². The first kappa shape index (κ1) is 21.5. The standard InChI is InChI=1S/C22H23ClN6OS2/c1-22(2,3)29(4)21(30)11-5-6-12-16(7-11)31-20-18(12)19(24-10-25-20)26-14-9-17-15(8-13(14)23)27-28-32-17/h8-11H,5-7H2,1-4H3,(H,24,25,26). The van der Waals surface area contributed by atoms with Gasteiger partial charge in [0.25, 0.3) is 0 Å². The summed E-state index contributed by atoms with van der Waals surface area (Å²) in [5.41, 5.74) is 2.60. The Labute approximate surface area is 199 Å². The van der Waals surface area contributed by atoms with Crippen LogP contribution in [0.3, 0.4) is 0 Å². The first-order chi connectivity index (χ1) is 15.2. The summed E-state index contributed by atoms with van der Waals surface area (Å²) in [6, 6.07) is 3.76. The Kier molecular flexibility index (Phi) is 5.30. The lowest BCUT2D eigenvalue weighted by atomic mass is 9.86. The average molecular weight is 487 g/mol. The van der Waals surface area contributed by atoms with Crippen molar-refractivity contribution in [1.29, 1.82) is 0 Å². The van der Waals surface area contributed by atoms with Gasteiger partial charge in [-0.2, -0.15) is 0 Å². The highest BCUT2D eigenvalue weighted by Crippen LogP contribution is 2.42. The van der Waals surface area contributed by atoms with Crippen LogP contribution in [0.1, 0.15) is 37.6 Å². The van der Waals surface area contributed by atoms with E-state index in [2.05, 4.69) is 45.6 Å². The lowest BCUT2D eigenvalue weighted by molar-refractivity contribution is -0.138. The van der Waals surface area contributed by atoms with Gasteiger partial charge >= 0.3 is 0 Å². The number of amides is 1. The zero-order valence-electron chi connectivity index (χ0n) is 18.3. The summed E-state index contributed by atoms with van der Waals surface area (Å²) in [7, 11) is 1.90. The molecule has 1 aliphatic rings. The van der Waals surface area contributed by atoms with Crippen molar-refractivity contribution in [1.82, 2.24) is 24.5 Å². The number of rotatable bonds is 3. The second-order valence-electron chi connectivity index (χ2n) is 9.11. The second kappa shape index (κ2) is 7.90. The highest BCUT2D eigenvalue weighted by atomic mass is 35.5. The number of carbonyl (C=O) groups is 1. The van der Waals surface area contributed by atoms with Crippen LogP contribution in [0, 0.1) is 5.92 Å². The highest BCUT2D eigenvalue weighted by molar-refractivity contribution is 7.19. The molecule has 1 aromatic carbocycles. The van der Waals surface area contributed by atoms with Gasteiger partial charge in [-0.1, -0.05) is 16.1 Å². The molecule has 1 unspecified atom stereocenters. The number of thiophene rings is 1. The topological polar surface area (TPSA) is 83.9 Å². The third-order valence-corrected chi connectivity index (χ3v) is 8.28. The minimum absolute atomic E-state index is 0.000152. The number of aryl methyl sites for hydroxylation is 1. The molecule has 0 bridgehead atoms. The van der Waals surface area contributed by atoms with Gasteiger partial charge in [0, 0.05) is 23.4 Å². The van der Waals surface area contributed by atoms with E-state index in [9.17, 15) is 4.79 Å². The van der Waals surface area contributed by atoms with Gasteiger partial charge < -0.3 is 10.2 Å². The Hall–Kier alpha value is -2.36. The number of nitrogens with zero attached hydrogens (tertiary/aromatic N) is 5. The molecule has 0 saturated carbocycles. The lowest BCUT2D eigenvalue weighted by Crippen LogP contribution is -2.46. The number of aromatic nitrogens is 4. The van der Waals surface area contributed by atoms with Gasteiger partial charge in [-0.25, -0.2) is 9.97 Å². The summed E-state index contributed by atoms with van der Waals surface area (Å²) in [5, 5.41) is 9.08. The van der Waals surface area contributed by atoms with Crippen LogP contribution < -0.4 is 5.32 Å². The summed E-state index contributed by atoms with van der Waals surface area (Å²) >= 11 is 9.48. The average Bonchev–Trinajstić information content (AvgIpc) is 3.35. The molecule has 5 rings (SSSR count). The van der Waals surface area contributed by atoms with E-state index in [4.69, 9.17) is 11.6 Å². The molecular weight excluding hydrogens is 464 g/mol. The van der Waals surface area contributed by atoms with Crippen LogP contribution >= 0.6 is 34.5 Å². The lowest BCUT2D eigenvalue weighted by Gasteiger charge is -2.35. The molecule has 10 heteroatoms. The van der Waals surface area contributed by atoms with Crippen LogP contribution in [-0.4, -0.2) is 42.9 Å². The summed E-state index contributed by atoms with van der Waals surface area (Å²) in [4.78, 5) is 26.1. The number of hydrogen-bond acceptors (Lipinski definition) is 8. The van der Waals surface area contributed by atoms with Gasteiger partial charge in [-0.3, -0.25) is 4.79 Å². The van der Waals surface area contributed by atoms with Gasteiger partial charge in [-0.15, -0.1) is 16.4 Å². The number of anilines is 2. The monoisotopic (exact) mass is 486 g/mol. The molecule has 0 aliphatic heterocycles. The molecule has 3 heterocycles. The van der Waals surface area contributed by atoms with Gasteiger partial charge in [0.1, 0.15) is 22.5 Å². The maximum absolute atomic E-state index is 13.1. The summed E-state index contributed by atoms with van der Waals surface area (Å²) in [6.45, 7) is 6.20. The zero-order valence-corrected chi connectivity index (χ0v) is 20.7. The first-order valence-electron chi connectivity index (χ1n) is 10.4. The van der Waals surface area contributed by atoms with Crippen LogP contribution in [0.2, 0.25) is 5.02 Å². The van der Waals surface area contributed by atoms with Crippen LogP contribution in [-0.2, 0) is 17.6 Å². The molecule has 0 spiro atoms. The number of carbonyl (C=O) groups excluding carboxylic acids is 1. The fourth-order valence-electron chi connectivity index (χ4n) is 4.05. The van der Waals surface area contributed by atoms with Crippen molar-refractivity contribution in [2.45, 2.75) is 45.6 Å². The summed E-state index contributed by atoms with van der Waals surface area (Å²) in [6.07, 6.45) is 3.97. The molecular formula is C22H23ClN6OS2. The van der Waals surface area contributed by atoms with Crippen LogP contribution in [0.5, 0.6) is 0 Å². The van der Waals surface area contributed by atoms with Crippen molar-refractivity contribution >= 4 is 72.3 Å². The van der Waals surface area contributed by atoms with Crippen molar-refractivity contribution in [2.24, 2.45) is 5.92 Å². The van der Waals surface area contributed by atoms with E-state index in [1.165, 1.54) is 22.0 Å².